The summed E-state index contributed by atoms with van der Waals surface area (Å²) in [7, 11) is -3.02. The zero-order chi connectivity index (χ0) is 11.5. The third-order valence-electron chi connectivity index (χ3n) is 2.66. The van der Waals surface area contributed by atoms with Gasteiger partial charge in [-0.3, -0.25) is 0 Å². The van der Waals surface area contributed by atoms with E-state index < -0.39 is 10.0 Å². The van der Waals surface area contributed by atoms with Crippen LogP contribution in [-0.2, 0) is 10.0 Å². The highest BCUT2D eigenvalue weighted by molar-refractivity contribution is 7.88. The van der Waals surface area contributed by atoms with Gasteiger partial charge in [0.2, 0.25) is 10.0 Å². The van der Waals surface area contributed by atoms with E-state index in [1.165, 1.54) is 10.6 Å². The monoisotopic (exact) mass is 230 g/mol. The maximum atomic E-state index is 11.2. The van der Waals surface area contributed by atoms with Crippen molar-refractivity contribution in [2.24, 2.45) is 0 Å². The summed E-state index contributed by atoms with van der Waals surface area (Å²) >= 11 is 0. The molecule has 1 rings (SSSR count). The number of rotatable bonds is 3. The summed E-state index contributed by atoms with van der Waals surface area (Å²) in [5, 5.41) is 3.28. The zero-order valence-corrected chi connectivity index (χ0v) is 10.0. The Morgan fingerprint density at radius 1 is 1.47 bits per heavy atom. The van der Waals surface area contributed by atoms with Gasteiger partial charge in [0.1, 0.15) is 0 Å². The quantitative estimate of drug-likeness (QED) is 0.696. The average molecular weight is 230 g/mol. The summed E-state index contributed by atoms with van der Waals surface area (Å²) in [5.41, 5.74) is 0. The van der Waals surface area contributed by atoms with Crippen molar-refractivity contribution in [2.45, 2.75) is 31.8 Å². The lowest BCUT2D eigenvalue weighted by atomic mass is 10.1. The molecule has 1 unspecified atom stereocenters. The second-order valence-corrected chi connectivity index (χ2v) is 5.97. The summed E-state index contributed by atoms with van der Waals surface area (Å²) in [6.07, 6.45) is 8.19. The van der Waals surface area contributed by atoms with Crippen LogP contribution in [0.4, 0.5) is 0 Å². The van der Waals surface area contributed by atoms with Crippen molar-refractivity contribution in [1.82, 2.24) is 9.62 Å². The van der Waals surface area contributed by atoms with Crippen molar-refractivity contribution in [2.75, 3.05) is 19.3 Å². The molecular formula is C10H18N2O2S. The molecule has 0 aromatic rings. The third kappa shape index (κ3) is 3.82. The minimum Gasteiger partial charge on any atom is -0.301 e. The van der Waals surface area contributed by atoms with Crippen LogP contribution in [0.1, 0.15) is 19.8 Å². The van der Waals surface area contributed by atoms with E-state index in [2.05, 4.69) is 11.2 Å². The molecule has 0 spiro atoms. The van der Waals surface area contributed by atoms with Gasteiger partial charge < -0.3 is 5.32 Å². The Balaban J connectivity index is 2.40. The van der Waals surface area contributed by atoms with Crippen LogP contribution in [0.5, 0.6) is 0 Å². The van der Waals surface area contributed by atoms with Gasteiger partial charge in [0.05, 0.1) is 12.3 Å². The predicted molar refractivity (Wildman–Crippen MR) is 60.9 cm³/mol. The fourth-order valence-corrected chi connectivity index (χ4v) is 2.63. The largest absolute Gasteiger partial charge is 0.301 e. The SMILES string of the molecule is C#CC(C)NC1CCN(S(C)(=O)=O)CC1. The minimum absolute atomic E-state index is 0.0554. The number of hydrogen-bond donors (Lipinski definition) is 1. The van der Waals surface area contributed by atoms with Gasteiger partial charge in [0.25, 0.3) is 0 Å². The molecule has 1 saturated heterocycles. The maximum absolute atomic E-state index is 11.2. The van der Waals surface area contributed by atoms with Crippen LogP contribution in [0.15, 0.2) is 0 Å². The standard InChI is InChI=1S/C10H18N2O2S/c1-4-9(2)11-10-5-7-12(8-6-10)15(3,13)14/h1,9-11H,5-8H2,2-3H3. The molecule has 1 aliphatic heterocycles. The molecule has 0 aliphatic carbocycles. The van der Waals surface area contributed by atoms with Gasteiger partial charge in [-0.1, -0.05) is 5.92 Å². The summed E-state index contributed by atoms with van der Waals surface area (Å²) in [6, 6.07) is 0.397. The van der Waals surface area contributed by atoms with Gasteiger partial charge in [-0.25, -0.2) is 12.7 Å². The molecular weight excluding hydrogens is 212 g/mol. The van der Waals surface area contributed by atoms with Gasteiger partial charge in [-0.15, -0.1) is 6.42 Å². The van der Waals surface area contributed by atoms with Crippen LogP contribution in [0.2, 0.25) is 0 Å². The highest BCUT2D eigenvalue weighted by Gasteiger charge is 2.24. The molecule has 0 aromatic carbocycles. The number of hydrogen-bond acceptors (Lipinski definition) is 3. The molecule has 1 N–H and O–H groups in total. The third-order valence-corrected chi connectivity index (χ3v) is 3.96. The van der Waals surface area contributed by atoms with Crippen LogP contribution in [0, 0.1) is 12.3 Å². The summed E-state index contributed by atoms with van der Waals surface area (Å²) in [5.74, 6) is 2.61. The fraction of sp³-hybridized carbons (Fsp3) is 0.800. The lowest BCUT2D eigenvalue weighted by molar-refractivity contribution is 0.286. The Hall–Kier alpha value is -0.570. The maximum Gasteiger partial charge on any atom is 0.211 e. The first kappa shape index (κ1) is 12.5. The van der Waals surface area contributed by atoms with Crippen molar-refractivity contribution < 1.29 is 8.42 Å². The minimum atomic E-state index is -3.02. The lowest BCUT2D eigenvalue weighted by Crippen LogP contribution is -2.46. The van der Waals surface area contributed by atoms with E-state index in [-0.39, 0.29) is 6.04 Å². The topological polar surface area (TPSA) is 49.4 Å². The van der Waals surface area contributed by atoms with Crippen LogP contribution < -0.4 is 5.32 Å². The van der Waals surface area contributed by atoms with Crippen LogP contribution >= 0.6 is 0 Å². The first-order valence-electron chi connectivity index (χ1n) is 5.11. The van der Waals surface area contributed by atoms with Crippen molar-refractivity contribution in [3.8, 4) is 12.3 Å². The number of piperidine rings is 1. The molecule has 1 heterocycles. The lowest BCUT2D eigenvalue weighted by Gasteiger charge is -2.31. The molecule has 1 aliphatic rings. The van der Waals surface area contributed by atoms with E-state index in [1.807, 2.05) is 6.92 Å². The highest BCUT2D eigenvalue weighted by Crippen LogP contribution is 2.13. The van der Waals surface area contributed by atoms with E-state index in [1.54, 1.807) is 0 Å². The van der Waals surface area contributed by atoms with E-state index in [0.717, 1.165) is 12.8 Å². The van der Waals surface area contributed by atoms with Gasteiger partial charge in [-0.05, 0) is 19.8 Å². The molecule has 15 heavy (non-hydrogen) atoms. The van der Waals surface area contributed by atoms with Crippen LogP contribution in [0.25, 0.3) is 0 Å². The molecule has 1 fully saturated rings. The summed E-state index contributed by atoms with van der Waals surface area (Å²) in [6.45, 7) is 3.12. The first-order valence-corrected chi connectivity index (χ1v) is 6.95. The highest BCUT2D eigenvalue weighted by atomic mass is 32.2. The molecule has 5 heteroatoms. The van der Waals surface area contributed by atoms with Crippen molar-refractivity contribution >= 4 is 10.0 Å². The fourth-order valence-electron chi connectivity index (χ4n) is 1.76. The van der Waals surface area contributed by atoms with Crippen LogP contribution in [0.3, 0.4) is 0 Å². The number of sulfonamides is 1. The molecule has 0 amide bonds. The normalized spacial score (nSPS) is 22.2. The number of nitrogens with zero attached hydrogens (tertiary/aromatic N) is 1. The Morgan fingerprint density at radius 3 is 2.40 bits per heavy atom. The van der Waals surface area contributed by atoms with Crippen molar-refractivity contribution in [1.29, 1.82) is 0 Å². The van der Waals surface area contributed by atoms with Gasteiger partial charge in [-0.2, -0.15) is 0 Å². The molecule has 4 nitrogen and oxygen atoms in total. The Morgan fingerprint density at radius 2 is 2.00 bits per heavy atom. The number of terminal acetylenes is 1. The second kappa shape index (κ2) is 4.97. The van der Waals surface area contributed by atoms with Crippen molar-refractivity contribution in [3.63, 3.8) is 0 Å². The molecule has 0 aromatic heterocycles. The first-order chi connectivity index (χ1) is 6.93. The van der Waals surface area contributed by atoms with E-state index in [9.17, 15) is 8.42 Å². The molecule has 0 radical (unpaired) electrons. The smallest absolute Gasteiger partial charge is 0.211 e. The number of nitrogens with one attached hydrogen (secondary N) is 1. The van der Waals surface area contributed by atoms with Gasteiger partial charge >= 0.3 is 0 Å². The summed E-state index contributed by atoms with van der Waals surface area (Å²) in [4.78, 5) is 0. The van der Waals surface area contributed by atoms with Gasteiger partial charge in [0, 0.05) is 19.1 Å². The van der Waals surface area contributed by atoms with E-state index in [0.29, 0.717) is 19.1 Å². The molecule has 0 bridgehead atoms. The van der Waals surface area contributed by atoms with Crippen molar-refractivity contribution in [3.05, 3.63) is 0 Å². The Kier molecular flexibility index (Phi) is 4.14. The predicted octanol–water partition coefficient (Wildman–Crippen LogP) is 0.0217. The Labute approximate surface area is 92.1 Å². The Bertz CT molecular complexity index is 337. The molecule has 0 saturated carbocycles. The summed E-state index contributed by atoms with van der Waals surface area (Å²) < 4.78 is 24.0. The zero-order valence-electron chi connectivity index (χ0n) is 9.23. The average Bonchev–Trinajstić information content (AvgIpc) is 2.17. The molecule has 1 atom stereocenters. The van der Waals surface area contributed by atoms with Gasteiger partial charge in [0.15, 0.2) is 0 Å². The van der Waals surface area contributed by atoms with E-state index >= 15 is 0 Å². The molecule has 86 valence electrons. The van der Waals surface area contributed by atoms with E-state index in [4.69, 9.17) is 6.42 Å². The second-order valence-electron chi connectivity index (χ2n) is 3.99. The van der Waals surface area contributed by atoms with Crippen LogP contribution in [-0.4, -0.2) is 44.2 Å².